The molecule has 0 aromatic rings. The Morgan fingerprint density at radius 3 is 2.67 bits per heavy atom. The Morgan fingerprint density at radius 1 is 1.11 bits per heavy atom. The lowest BCUT2D eigenvalue weighted by Crippen LogP contribution is -2.65. The zero-order valence-electron chi connectivity index (χ0n) is 16.7. The molecule has 1 heterocycles. The average Bonchev–Trinajstić information content (AvgIpc) is 3.16. The van der Waals surface area contributed by atoms with Gasteiger partial charge >= 0.3 is 5.97 Å². The molecule has 0 aromatic heterocycles. The van der Waals surface area contributed by atoms with Crippen molar-refractivity contribution in [2.75, 3.05) is 6.61 Å². The Kier molecular flexibility index (Phi) is 3.92. The summed E-state index contributed by atoms with van der Waals surface area (Å²) in [5, 5.41) is 23.3. The predicted molar refractivity (Wildman–Crippen MR) is 102 cm³/mol. The van der Waals surface area contributed by atoms with Gasteiger partial charge in [-0.2, -0.15) is 0 Å². The second-order valence-corrected chi connectivity index (χ2v) is 10.7. The summed E-state index contributed by atoms with van der Waals surface area (Å²) in [6.07, 6.45) is 10.9. The largest absolute Gasteiger partial charge is 0.458 e. The zero-order chi connectivity index (χ0) is 19.0. The second-order valence-electron chi connectivity index (χ2n) is 10.7. The van der Waals surface area contributed by atoms with Crippen LogP contribution in [0.1, 0.15) is 71.6 Å². The van der Waals surface area contributed by atoms with Crippen molar-refractivity contribution >= 4 is 5.97 Å². The summed E-state index contributed by atoms with van der Waals surface area (Å²) >= 11 is 0. The van der Waals surface area contributed by atoms with Crippen LogP contribution in [-0.4, -0.2) is 34.5 Å². The van der Waals surface area contributed by atoms with E-state index in [2.05, 4.69) is 13.8 Å². The Bertz CT molecular complexity index is 686. The smallest absolute Gasteiger partial charge is 0.331 e. The molecule has 0 radical (unpaired) electrons. The van der Waals surface area contributed by atoms with Gasteiger partial charge in [0.1, 0.15) is 6.61 Å². The van der Waals surface area contributed by atoms with Gasteiger partial charge in [-0.15, -0.1) is 0 Å². The minimum Gasteiger partial charge on any atom is -0.458 e. The highest BCUT2D eigenvalue weighted by molar-refractivity contribution is 5.85. The monoisotopic (exact) mass is 374 g/mol. The summed E-state index contributed by atoms with van der Waals surface area (Å²) in [6, 6.07) is 0. The molecule has 4 nitrogen and oxygen atoms in total. The van der Waals surface area contributed by atoms with E-state index in [0.717, 1.165) is 37.7 Å². The molecule has 0 amide bonds. The van der Waals surface area contributed by atoms with E-state index in [1.54, 1.807) is 6.08 Å². The molecule has 27 heavy (non-hydrogen) atoms. The van der Waals surface area contributed by atoms with Gasteiger partial charge in [-0.1, -0.05) is 26.7 Å². The number of carbonyl (C=O) groups is 1. The molecule has 0 bridgehead atoms. The normalized spacial score (nSPS) is 54.6. The highest BCUT2D eigenvalue weighted by Crippen LogP contribution is 2.69. The molecule has 2 N–H and O–H groups in total. The Morgan fingerprint density at radius 2 is 1.93 bits per heavy atom. The summed E-state index contributed by atoms with van der Waals surface area (Å²) in [5.41, 5.74) is 0.220. The fraction of sp³-hybridized carbons (Fsp3) is 0.870. The number of aliphatic hydroxyl groups excluding tert-OH is 1. The van der Waals surface area contributed by atoms with Gasteiger partial charge in [0.05, 0.1) is 11.7 Å². The van der Waals surface area contributed by atoms with Crippen LogP contribution in [0.5, 0.6) is 0 Å². The molecule has 5 rings (SSSR count). The van der Waals surface area contributed by atoms with Crippen molar-refractivity contribution in [1.29, 1.82) is 0 Å². The van der Waals surface area contributed by atoms with Crippen LogP contribution in [0.25, 0.3) is 0 Å². The van der Waals surface area contributed by atoms with Crippen molar-refractivity contribution in [3.05, 3.63) is 11.6 Å². The minimum absolute atomic E-state index is 0.0285. The van der Waals surface area contributed by atoms with E-state index in [1.165, 1.54) is 25.7 Å². The van der Waals surface area contributed by atoms with Crippen LogP contribution in [0.2, 0.25) is 0 Å². The van der Waals surface area contributed by atoms with Crippen molar-refractivity contribution in [2.45, 2.75) is 83.3 Å². The quantitative estimate of drug-likeness (QED) is 0.688. The maximum atomic E-state index is 12.1. The Hall–Kier alpha value is -0.870. The predicted octanol–water partition coefficient (Wildman–Crippen LogP) is 3.60. The number of cyclic esters (lactones) is 1. The van der Waals surface area contributed by atoms with Crippen LogP contribution in [0.3, 0.4) is 0 Å². The molecule has 8 unspecified atom stereocenters. The lowest BCUT2D eigenvalue weighted by molar-refractivity contribution is -0.237. The summed E-state index contributed by atoms with van der Waals surface area (Å²) < 4.78 is 5.19. The van der Waals surface area contributed by atoms with Crippen LogP contribution < -0.4 is 0 Å². The van der Waals surface area contributed by atoms with E-state index in [0.29, 0.717) is 18.4 Å². The van der Waals surface area contributed by atoms with E-state index in [9.17, 15) is 15.0 Å². The van der Waals surface area contributed by atoms with Gasteiger partial charge in [-0.05, 0) is 73.7 Å². The number of esters is 1. The number of aliphatic hydroxyl groups is 2. The molecule has 1 aliphatic heterocycles. The van der Waals surface area contributed by atoms with Crippen LogP contribution in [0, 0.1) is 34.5 Å². The Labute approximate surface area is 162 Å². The van der Waals surface area contributed by atoms with Gasteiger partial charge in [-0.25, -0.2) is 4.79 Å². The molecule has 4 saturated carbocycles. The molecule has 4 fully saturated rings. The van der Waals surface area contributed by atoms with Crippen LogP contribution >= 0.6 is 0 Å². The SMILES string of the molecule is CC12CCCCC1CC(O)C1C2CCC2(C)C(C3=CC(=O)OC3)CCC12O. The molecule has 4 heteroatoms. The molecule has 4 aliphatic carbocycles. The molecule has 8 atom stereocenters. The highest BCUT2D eigenvalue weighted by Gasteiger charge is 2.69. The van der Waals surface area contributed by atoms with Crippen molar-refractivity contribution in [1.82, 2.24) is 0 Å². The molecule has 150 valence electrons. The van der Waals surface area contributed by atoms with Gasteiger partial charge in [0, 0.05) is 17.4 Å². The van der Waals surface area contributed by atoms with E-state index in [1.807, 2.05) is 0 Å². The lowest BCUT2D eigenvalue weighted by atomic mass is 9.42. The van der Waals surface area contributed by atoms with E-state index >= 15 is 0 Å². The van der Waals surface area contributed by atoms with Crippen molar-refractivity contribution in [3.8, 4) is 0 Å². The summed E-state index contributed by atoms with van der Waals surface area (Å²) in [5.74, 6) is 0.946. The minimum atomic E-state index is -0.835. The first-order chi connectivity index (χ1) is 12.8. The third-order valence-corrected chi connectivity index (χ3v) is 9.90. The summed E-state index contributed by atoms with van der Waals surface area (Å²) in [4.78, 5) is 11.6. The topological polar surface area (TPSA) is 66.8 Å². The van der Waals surface area contributed by atoms with Crippen LogP contribution in [0.4, 0.5) is 0 Å². The highest BCUT2D eigenvalue weighted by atomic mass is 16.5. The van der Waals surface area contributed by atoms with Gasteiger partial charge in [0.15, 0.2) is 0 Å². The third-order valence-electron chi connectivity index (χ3n) is 9.90. The van der Waals surface area contributed by atoms with E-state index < -0.39 is 11.7 Å². The molecule has 0 saturated heterocycles. The molecule has 0 spiro atoms. The number of hydrogen-bond acceptors (Lipinski definition) is 4. The first kappa shape index (κ1) is 18.2. The number of ether oxygens (including phenoxy) is 1. The number of hydrogen-bond donors (Lipinski definition) is 2. The number of carbonyl (C=O) groups excluding carboxylic acids is 1. The molecular weight excluding hydrogens is 340 g/mol. The van der Waals surface area contributed by atoms with E-state index in [-0.39, 0.29) is 28.6 Å². The standard InChI is InChI=1S/C23H34O4/c1-21-8-4-3-5-15(21)12-18(24)20-17(21)6-9-22(2)16(7-10-23(20,22)26)14-11-19(25)27-13-14/h11,15-18,20,24,26H,3-10,12-13H2,1-2H3. The zero-order valence-corrected chi connectivity index (χ0v) is 16.7. The fourth-order valence-electron chi connectivity index (χ4n) is 8.43. The van der Waals surface area contributed by atoms with Gasteiger partial charge in [0.25, 0.3) is 0 Å². The van der Waals surface area contributed by atoms with Gasteiger partial charge in [-0.3, -0.25) is 0 Å². The Balaban J connectivity index is 1.52. The number of rotatable bonds is 1. The van der Waals surface area contributed by atoms with Crippen molar-refractivity contribution < 1.29 is 19.7 Å². The second kappa shape index (κ2) is 5.82. The van der Waals surface area contributed by atoms with Crippen molar-refractivity contribution in [2.24, 2.45) is 34.5 Å². The summed E-state index contributed by atoms with van der Waals surface area (Å²) in [6.45, 7) is 5.04. The van der Waals surface area contributed by atoms with E-state index in [4.69, 9.17) is 4.74 Å². The molecule has 5 aliphatic rings. The first-order valence-corrected chi connectivity index (χ1v) is 11.1. The summed E-state index contributed by atoms with van der Waals surface area (Å²) in [7, 11) is 0. The van der Waals surface area contributed by atoms with Crippen LogP contribution in [-0.2, 0) is 9.53 Å². The first-order valence-electron chi connectivity index (χ1n) is 11.1. The van der Waals surface area contributed by atoms with Crippen LogP contribution in [0.15, 0.2) is 11.6 Å². The average molecular weight is 375 g/mol. The van der Waals surface area contributed by atoms with Gasteiger partial charge < -0.3 is 14.9 Å². The van der Waals surface area contributed by atoms with Gasteiger partial charge in [0.2, 0.25) is 0 Å². The maximum absolute atomic E-state index is 12.1. The molecule has 0 aromatic carbocycles. The molecular formula is C23H34O4. The van der Waals surface area contributed by atoms with Crippen molar-refractivity contribution in [3.63, 3.8) is 0 Å². The lowest BCUT2D eigenvalue weighted by Gasteiger charge is -2.64. The fourth-order valence-corrected chi connectivity index (χ4v) is 8.43. The third kappa shape index (κ3) is 2.26. The number of fused-ring (bicyclic) bond motifs is 5. The maximum Gasteiger partial charge on any atom is 0.331 e.